The minimum absolute atomic E-state index is 0. The zero-order valence-corrected chi connectivity index (χ0v) is 15.5. The van der Waals surface area contributed by atoms with Crippen LogP contribution in [0.4, 0.5) is 0 Å². The van der Waals surface area contributed by atoms with E-state index >= 15 is 0 Å². The van der Waals surface area contributed by atoms with Crippen molar-refractivity contribution in [2.45, 2.75) is 6.54 Å². The number of fused-ring (bicyclic) bond motifs is 1. The van der Waals surface area contributed by atoms with Gasteiger partial charge >= 0.3 is 0 Å². The van der Waals surface area contributed by atoms with Gasteiger partial charge in [-0.1, -0.05) is 59.6 Å². The van der Waals surface area contributed by atoms with E-state index in [0.717, 1.165) is 29.6 Å². The van der Waals surface area contributed by atoms with Crippen LogP contribution in [-0.2, 0) is 6.54 Å². The topological polar surface area (TPSA) is 16.4 Å². The average molecular weight is 383 g/mol. The number of hydrogen-bond acceptors (Lipinski definition) is 2. The van der Waals surface area contributed by atoms with Gasteiger partial charge in [0.15, 0.2) is 0 Å². The summed E-state index contributed by atoms with van der Waals surface area (Å²) in [6.07, 6.45) is 5.84. The Bertz CT molecular complexity index is 841. The van der Waals surface area contributed by atoms with Gasteiger partial charge in [0.2, 0.25) is 0 Å². The molecule has 2 aromatic carbocycles. The largest absolute Gasteiger partial charge is 0.464 e. The highest BCUT2D eigenvalue weighted by Crippen LogP contribution is 2.23. The molecule has 0 N–H and O–H groups in total. The van der Waals surface area contributed by atoms with Crippen LogP contribution in [0.3, 0.4) is 0 Å². The molecule has 2 nitrogen and oxygen atoms in total. The Morgan fingerprint density at radius 2 is 1.96 bits per heavy atom. The Morgan fingerprint density at radius 1 is 1.12 bits per heavy atom. The van der Waals surface area contributed by atoms with Crippen molar-refractivity contribution >= 4 is 52.7 Å². The van der Waals surface area contributed by atoms with Crippen molar-refractivity contribution in [1.29, 1.82) is 0 Å². The third-order valence-electron chi connectivity index (χ3n) is 3.68. The van der Waals surface area contributed by atoms with Gasteiger partial charge in [0.05, 0.1) is 6.26 Å². The van der Waals surface area contributed by atoms with Crippen LogP contribution in [0.5, 0.6) is 0 Å². The van der Waals surface area contributed by atoms with Crippen LogP contribution in [0.1, 0.15) is 11.1 Å². The Kier molecular flexibility index (Phi) is 6.76. The molecule has 0 spiro atoms. The summed E-state index contributed by atoms with van der Waals surface area (Å²) < 4.78 is 5.58. The molecular formula is C19H18Cl3NO. The molecule has 1 aromatic heterocycles. The number of likely N-dealkylation sites (N-methyl/N-ethyl adjacent to an activating group) is 1. The smallest absolute Gasteiger partial charge is 0.138 e. The highest BCUT2D eigenvalue weighted by atomic mass is 35.5. The molecule has 126 valence electrons. The number of hydrogen-bond donors (Lipinski definition) is 0. The normalized spacial score (nSPS) is 11.3. The van der Waals surface area contributed by atoms with Gasteiger partial charge in [0, 0.05) is 34.1 Å². The zero-order chi connectivity index (χ0) is 16.2. The number of furan rings is 1. The van der Waals surface area contributed by atoms with Gasteiger partial charge in [0.1, 0.15) is 5.58 Å². The monoisotopic (exact) mass is 381 g/mol. The minimum atomic E-state index is 0. The van der Waals surface area contributed by atoms with Crippen molar-refractivity contribution in [2.75, 3.05) is 13.6 Å². The molecule has 0 bridgehead atoms. The second-order valence-electron chi connectivity index (χ2n) is 5.52. The van der Waals surface area contributed by atoms with E-state index in [1.807, 2.05) is 24.3 Å². The molecule has 24 heavy (non-hydrogen) atoms. The number of para-hydroxylation sites is 1. The Labute approximate surface area is 158 Å². The van der Waals surface area contributed by atoms with E-state index in [2.05, 4.69) is 36.2 Å². The zero-order valence-electron chi connectivity index (χ0n) is 13.2. The van der Waals surface area contributed by atoms with Crippen molar-refractivity contribution in [1.82, 2.24) is 4.90 Å². The molecule has 0 radical (unpaired) electrons. The van der Waals surface area contributed by atoms with E-state index in [0.29, 0.717) is 10.0 Å². The van der Waals surface area contributed by atoms with Gasteiger partial charge < -0.3 is 4.42 Å². The quantitative estimate of drug-likeness (QED) is 0.514. The number of benzene rings is 2. The molecule has 0 aliphatic heterocycles. The first-order valence-electron chi connectivity index (χ1n) is 7.39. The van der Waals surface area contributed by atoms with Crippen molar-refractivity contribution in [3.05, 3.63) is 76.0 Å². The second kappa shape index (κ2) is 8.59. The van der Waals surface area contributed by atoms with Crippen LogP contribution >= 0.6 is 35.6 Å². The van der Waals surface area contributed by atoms with Crippen molar-refractivity contribution in [3.8, 4) is 0 Å². The average Bonchev–Trinajstić information content (AvgIpc) is 2.99. The van der Waals surface area contributed by atoms with E-state index in [9.17, 15) is 0 Å². The van der Waals surface area contributed by atoms with Gasteiger partial charge in [-0.25, -0.2) is 0 Å². The summed E-state index contributed by atoms with van der Waals surface area (Å²) in [5, 5.41) is 2.45. The Balaban J connectivity index is 0.00000208. The van der Waals surface area contributed by atoms with E-state index in [-0.39, 0.29) is 12.4 Å². The van der Waals surface area contributed by atoms with Gasteiger partial charge in [-0.2, -0.15) is 0 Å². The molecule has 0 saturated heterocycles. The first kappa shape index (κ1) is 18.9. The van der Waals surface area contributed by atoms with Gasteiger partial charge in [-0.15, -0.1) is 12.4 Å². The lowest BCUT2D eigenvalue weighted by Crippen LogP contribution is -2.17. The molecule has 0 unspecified atom stereocenters. The third kappa shape index (κ3) is 4.55. The predicted octanol–water partition coefficient (Wildman–Crippen LogP) is 6.31. The van der Waals surface area contributed by atoms with E-state index in [1.54, 1.807) is 12.3 Å². The Morgan fingerprint density at radius 3 is 2.75 bits per heavy atom. The molecule has 3 rings (SSSR count). The van der Waals surface area contributed by atoms with E-state index in [4.69, 9.17) is 27.6 Å². The standard InChI is InChI=1S/C19H17Cl2NO.ClH/c1-22(10-3-6-14-7-8-17(20)12-18(14)21)13-16-5-2-4-15-9-11-23-19(15)16;/h2-9,11-12H,10,13H2,1H3;1H/b6-3+;. The van der Waals surface area contributed by atoms with Crippen LogP contribution in [0, 0.1) is 0 Å². The highest BCUT2D eigenvalue weighted by molar-refractivity contribution is 6.35. The summed E-state index contributed by atoms with van der Waals surface area (Å²) in [7, 11) is 2.08. The first-order chi connectivity index (χ1) is 11.1. The second-order valence-corrected chi connectivity index (χ2v) is 6.36. The molecule has 1 heterocycles. The summed E-state index contributed by atoms with van der Waals surface area (Å²) in [6, 6.07) is 13.7. The fourth-order valence-corrected chi connectivity index (χ4v) is 3.00. The molecule has 0 aliphatic carbocycles. The summed E-state index contributed by atoms with van der Waals surface area (Å²) in [4.78, 5) is 2.22. The van der Waals surface area contributed by atoms with Crippen molar-refractivity contribution in [2.24, 2.45) is 0 Å². The summed E-state index contributed by atoms with van der Waals surface area (Å²) in [5.74, 6) is 0. The third-order valence-corrected chi connectivity index (χ3v) is 4.24. The molecule has 5 heteroatoms. The minimum Gasteiger partial charge on any atom is -0.464 e. The molecule has 0 saturated carbocycles. The lowest BCUT2D eigenvalue weighted by Gasteiger charge is -2.14. The molecule has 0 amide bonds. The fraction of sp³-hybridized carbons (Fsp3) is 0.158. The lowest BCUT2D eigenvalue weighted by molar-refractivity contribution is 0.363. The maximum atomic E-state index is 6.17. The number of rotatable bonds is 5. The number of nitrogens with zero attached hydrogens (tertiary/aromatic N) is 1. The SMILES string of the molecule is CN(C/C=C/c1ccc(Cl)cc1Cl)Cc1cccc2ccoc12.Cl. The van der Waals surface area contributed by atoms with Gasteiger partial charge in [-0.3, -0.25) is 4.90 Å². The molecular weight excluding hydrogens is 365 g/mol. The van der Waals surface area contributed by atoms with Crippen LogP contribution in [0.25, 0.3) is 17.0 Å². The van der Waals surface area contributed by atoms with Crippen LogP contribution in [-0.4, -0.2) is 18.5 Å². The van der Waals surface area contributed by atoms with Crippen molar-refractivity contribution < 1.29 is 4.42 Å². The van der Waals surface area contributed by atoms with Gasteiger partial charge in [-0.05, 0) is 30.8 Å². The fourth-order valence-electron chi connectivity index (χ4n) is 2.53. The predicted molar refractivity (Wildman–Crippen MR) is 105 cm³/mol. The number of halogens is 3. The van der Waals surface area contributed by atoms with E-state index < -0.39 is 0 Å². The van der Waals surface area contributed by atoms with Crippen LogP contribution in [0.15, 0.2) is 59.2 Å². The van der Waals surface area contributed by atoms with Gasteiger partial charge in [0.25, 0.3) is 0 Å². The highest BCUT2D eigenvalue weighted by Gasteiger charge is 2.06. The van der Waals surface area contributed by atoms with Crippen LogP contribution in [0.2, 0.25) is 10.0 Å². The summed E-state index contributed by atoms with van der Waals surface area (Å²) >= 11 is 12.1. The maximum Gasteiger partial charge on any atom is 0.138 e. The molecule has 0 atom stereocenters. The lowest BCUT2D eigenvalue weighted by atomic mass is 10.1. The van der Waals surface area contributed by atoms with E-state index in [1.165, 1.54) is 5.56 Å². The van der Waals surface area contributed by atoms with Crippen molar-refractivity contribution in [3.63, 3.8) is 0 Å². The molecule has 3 aromatic rings. The summed E-state index contributed by atoms with van der Waals surface area (Å²) in [5.41, 5.74) is 3.12. The molecule has 0 aliphatic rings. The van der Waals surface area contributed by atoms with Crippen LogP contribution < -0.4 is 0 Å². The Hall–Kier alpha value is -1.45. The maximum absolute atomic E-state index is 6.17. The molecule has 0 fully saturated rings. The first-order valence-corrected chi connectivity index (χ1v) is 8.14. The summed E-state index contributed by atoms with van der Waals surface area (Å²) in [6.45, 7) is 1.64.